The van der Waals surface area contributed by atoms with Crippen molar-refractivity contribution in [2.75, 3.05) is 20.8 Å². The Morgan fingerprint density at radius 1 is 1.50 bits per heavy atom. The second-order valence-electron chi connectivity index (χ2n) is 4.69. The maximum Gasteiger partial charge on any atom is 0.237 e. The Morgan fingerprint density at radius 2 is 2.30 bits per heavy atom. The van der Waals surface area contributed by atoms with Gasteiger partial charge in [0.05, 0.1) is 19.3 Å². The molecule has 1 aromatic rings. The van der Waals surface area contributed by atoms with E-state index in [2.05, 4.69) is 10.6 Å². The Kier molecular flexibility index (Phi) is 5.23. The first kappa shape index (κ1) is 15.1. The van der Waals surface area contributed by atoms with Gasteiger partial charge in [-0.2, -0.15) is 0 Å². The minimum absolute atomic E-state index is 0.0495. The summed E-state index contributed by atoms with van der Waals surface area (Å²) in [6, 6.07) is 5.20. The maximum absolute atomic E-state index is 12.1. The Labute approximate surface area is 123 Å². The number of benzene rings is 1. The van der Waals surface area contributed by atoms with Gasteiger partial charge in [0.15, 0.2) is 0 Å². The van der Waals surface area contributed by atoms with E-state index < -0.39 is 0 Å². The van der Waals surface area contributed by atoms with E-state index in [4.69, 9.17) is 21.1 Å². The average molecular weight is 299 g/mol. The topological polar surface area (TPSA) is 59.6 Å². The van der Waals surface area contributed by atoms with E-state index in [1.165, 1.54) is 0 Å². The van der Waals surface area contributed by atoms with Crippen LogP contribution in [-0.2, 0) is 16.1 Å². The van der Waals surface area contributed by atoms with Gasteiger partial charge in [-0.3, -0.25) is 4.79 Å². The molecular weight excluding hydrogens is 280 g/mol. The van der Waals surface area contributed by atoms with Crippen LogP contribution in [0.3, 0.4) is 0 Å². The van der Waals surface area contributed by atoms with Crippen LogP contribution in [-0.4, -0.2) is 38.8 Å². The van der Waals surface area contributed by atoms with Gasteiger partial charge in [0.1, 0.15) is 5.75 Å². The first-order valence-corrected chi connectivity index (χ1v) is 6.88. The van der Waals surface area contributed by atoms with Crippen molar-refractivity contribution in [1.82, 2.24) is 10.6 Å². The molecule has 0 aromatic heterocycles. The van der Waals surface area contributed by atoms with Gasteiger partial charge in [0, 0.05) is 30.8 Å². The van der Waals surface area contributed by atoms with Crippen LogP contribution in [0, 0.1) is 0 Å². The highest BCUT2D eigenvalue weighted by atomic mass is 35.5. The zero-order valence-corrected chi connectivity index (χ0v) is 12.4. The normalized spacial score (nSPS) is 21.8. The third kappa shape index (κ3) is 3.42. The molecule has 20 heavy (non-hydrogen) atoms. The van der Waals surface area contributed by atoms with Crippen LogP contribution in [0.15, 0.2) is 18.2 Å². The molecule has 2 atom stereocenters. The molecule has 1 heterocycles. The second-order valence-corrected chi connectivity index (χ2v) is 5.10. The molecule has 1 aliphatic rings. The molecule has 1 fully saturated rings. The van der Waals surface area contributed by atoms with Gasteiger partial charge in [-0.15, -0.1) is 0 Å². The maximum atomic E-state index is 12.1. The lowest BCUT2D eigenvalue weighted by molar-refractivity contribution is -0.123. The average Bonchev–Trinajstić information content (AvgIpc) is 2.94. The number of halogens is 1. The second kappa shape index (κ2) is 6.92. The molecule has 1 aromatic carbocycles. The van der Waals surface area contributed by atoms with Crippen LogP contribution >= 0.6 is 11.6 Å². The van der Waals surface area contributed by atoms with Gasteiger partial charge >= 0.3 is 0 Å². The largest absolute Gasteiger partial charge is 0.496 e. The molecular formula is C14H19ClN2O3. The summed E-state index contributed by atoms with van der Waals surface area (Å²) in [7, 11) is 3.24. The quantitative estimate of drug-likeness (QED) is 0.861. The first-order chi connectivity index (χ1) is 9.65. The van der Waals surface area contributed by atoms with Crippen LogP contribution in [0.5, 0.6) is 5.75 Å². The highest BCUT2D eigenvalue weighted by molar-refractivity contribution is 6.31. The van der Waals surface area contributed by atoms with E-state index in [9.17, 15) is 4.79 Å². The molecule has 0 saturated carbocycles. The van der Waals surface area contributed by atoms with Crippen LogP contribution in [0.25, 0.3) is 0 Å². The van der Waals surface area contributed by atoms with Crippen molar-refractivity contribution in [2.45, 2.75) is 25.1 Å². The molecule has 1 aliphatic heterocycles. The van der Waals surface area contributed by atoms with Gasteiger partial charge in [0.2, 0.25) is 5.91 Å². The molecule has 0 spiro atoms. The number of carbonyl (C=O) groups is 1. The summed E-state index contributed by atoms with van der Waals surface area (Å²) in [6.07, 6.45) is 0.780. The number of nitrogens with one attached hydrogen (secondary N) is 2. The Morgan fingerprint density at radius 3 is 2.95 bits per heavy atom. The number of amides is 1. The molecule has 1 saturated heterocycles. The molecule has 2 N–H and O–H groups in total. The first-order valence-electron chi connectivity index (χ1n) is 6.51. The third-order valence-electron chi connectivity index (χ3n) is 3.48. The minimum Gasteiger partial charge on any atom is -0.496 e. The van der Waals surface area contributed by atoms with Crippen molar-refractivity contribution in [3.05, 3.63) is 28.8 Å². The van der Waals surface area contributed by atoms with E-state index in [0.29, 0.717) is 30.3 Å². The summed E-state index contributed by atoms with van der Waals surface area (Å²) in [5, 5.41) is 6.60. The van der Waals surface area contributed by atoms with Gasteiger partial charge in [-0.1, -0.05) is 17.7 Å². The minimum atomic E-state index is -0.214. The van der Waals surface area contributed by atoms with E-state index in [-0.39, 0.29) is 18.1 Å². The number of hydrogen-bond donors (Lipinski definition) is 2. The lowest BCUT2D eigenvalue weighted by atomic mass is 10.1. The van der Waals surface area contributed by atoms with E-state index in [1.807, 2.05) is 12.1 Å². The van der Waals surface area contributed by atoms with Crippen LogP contribution in [0.4, 0.5) is 0 Å². The molecule has 0 bridgehead atoms. The Hall–Kier alpha value is -1.30. The fourth-order valence-corrected chi connectivity index (χ4v) is 2.52. The van der Waals surface area contributed by atoms with Crippen LogP contribution in [0.1, 0.15) is 12.0 Å². The summed E-state index contributed by atoms with van der Waals surface area (Å²) >= 11 is 6.13. The highest BCUT2D eigenvalue weighted by Gasteiger charge is 2.29. The zero-order chi connectivity index (χ0) is 14.5. The molecule has 0 radical (unpaired) electrons. The summed E-state index contributed by atoms with van der Waals surface area (Å²) in [5.41, 5.74) is 0.784. The highest BCUT2D eigenvalue weighted by Crippen LogP contribution is 2.26. The monoisotopic (exact) mass is 298 g/mol. The molecule has 6 heteroatoms. The van der Waals surface area contributed by atoms with Crippen LogP contribution < -0.4 is 15.4 Å². The van der Waals surface area contributed by atoms with Crippen molar-refractivity contribution >= 4 is 17.5 Å². The SMILES string of the molecule is COc1cccc(Cl)c1CNC(=O)C1CC(OC)CN1. The summed E-state index contributed by atoms with van der Waals surface area (Å²) < 4.78 is 10.5. The van der Waals surface area contributed by atoms with Gasteiger partial charge in [-0.25, -0.2) is 0 Å². The van der Waals surface area contributed by atoms with Crippen molar-refractivity contribution in [3.63, 3.8) is 0 Å². The standard InChI is InChI=1S/C14H19ClN2O3/c1-19-9-6-12(16-7-9)14(18)17-8-10-11(15)4-3-5-13(10)20-2/h3-5,9,12,16H,6-8H2,1-2H3,(H,17,18). The fraction of sp³-hybridized carbons (Fsp3) is 0.500. The molecule has 110 valence electrons. The van der Waals surface area contributed by atoms with E-state index >= 15 is 0 Å². The third-order valence-corrected chi connectivity index (χ3v) is 3.83. The zero-order valence-electron chi connectivity index (χ0n) is 11.6. The summed E-state index contributed by atoms with van der Waals surface area (Å²) in [4.78, 5) is 12.1. The van der Waals surface area contributed by atoms with Gasteiger partial charge in [0.25, 0.3) is 0 Å². The van der Waals surface area contributed by atoms with Gasteiger partial charge in [-0.05, 0) is 18.6 Å². The number of rotatable bonds is 5. The summed E-state index contributed by atoms with van der Waals surface area (Å²) in [5.74, 6) is 0.624. The van der Waals surface area contributed by atoms with Gasteiger partial charge < -0.3 is 20.1 Å². The predicted octanol–water partition coefficient (Wildman–Crippen LogP) is 1.34. The van der Waals surface area contributed by atoms with Crippen molar-refractivity contribution < 1.29 is 14.3 Å². The predicted molar refractivity (Wildman–Crippen MR) is 77.1 cm³/mol. The Bertz CT molecular complexity index is 481. The molecule has 0 aliphatic carbocycles. The lowest BCUT2D eigenvalue weighted by Gasteiger charge is -2.14. The van der Waals surface area contributed by atoms with E-state index in [0.717, 1.165) is 5.56 Å². The van der Waals surface area contributed by atoms with Crippen LogP contribution in [0.2, 0.25) is 5.02 Å². The Balaban J connectivity index is 1.94. The molecule has 5 nitrogen and oxygen atoms in total. The van der Waals surface area contributed by atoms with E-state index in [1.54, 1.807) is 20.3 Å². The molecule has 2 rings (SSSR count). The molecule has 2 unspecified atom stereocenters. The van der Waals surface area contributed by atoms with Crippen molar-refractivity contribution in [1.29, 1.82) is 0 Å². The van der Waals surface area contributed by atoms with Crippen molar-refractivity contribution in [2.24, 2.45) is 0 Å². The fourth-order valence-electron chi connectivity index (χ4n) is 2.28. The number of carbonyl (C=O) groups excluding carboxylic acids is 1. The summed E-state index contributed by atoms with van der Waals surface area (Å²) in [6.45, 7) is 1.04. The molecule has 1 amide bonds. The smallest absolute Gasteiger partial charge is 0.237 e. The number of ether oxygens (including phenoxy) is 2. The number of hydrogen-bond acceptors (Lipinski definition) is 4. The lowest BCUT2D eigenvalue weighted by Crippen LogP contribution is -2.40. The van der Waals surface area contributed by atoms with Crippen molar-refractivity contribution in [3.8, 4) is 5.75 Å². The number of methoxy groups -OCH3 is 2.